The number of nitrogens with one attached hydrogen (secondary N) is 2. The van der Waals surface area contributed by atoms with Crippen molar-refractivity contribution in [2.45, 2.75) is 38.2 Å². The molecule has 6 heteroatoms. The van der Waals surface area contributed by atoms with Crippen LogP contribution in [-0.2, 0) is 5.60 Å². The molecule has 0 saturated carbocycles. The number of aliphatic hydroxyl groups is 1. The SMILES string of the molecule is Cc1ccccc1Oc1ccccc1C(O)(CCCNC(=O)O)C1CCCNC1. The highest BCUT2D eigenvalue weighted by atomic mass is 16.5. The minimum Gasteiger partial charge on any atom is -0.465 e. The summed E-state index contributed by atoms with van der Waals surface area (Å²) in [5, 5.41) is 26.5. The third-order valence-corrected chi connectivity index (χ3v) is 5.65. The Balaban J connectivity index is 1.90. The molecule has 1 heterocycles. The largest absolute Gasteiger partial charge is 0.465 e. The predicted molar refractivity (Wildman–Crippen MR) is 112 cm³/mol. The van der Waals surface area contributed by atoms with Crippen molar-refractivity contribution < 1.29 is 19.7 Å². The first-order chi connectivity index (χ1) is 14.0. The zero-order valence-electron chi connectivity index (χ0n) is 16.9. The van der Waals surface area contributed by atoms with Crippen LogP contribution in [0.15, 0.2) is 48.5 Å². The van der Waals surface area contributed by atoms with Crippen LogP contribution in [-0.4, -0.2) is 35.9 Å². The van der Waals surface area contributed by atoms with E-state index in [1.807, 2.05) is 55.5 Å². The van der Waals surface area contributed by atoms with Crippen LogP contribution in [0.3, 0.4) is 0 Å². The minimum absolute atomic E-state index is 0.0303. The maximum Gasteiger partial charge on any atom is 0.404 e. The summed E-state index contributed by atoms with van der Waals surface area (Å²) in [6, 6.07) is 15.4. The van der Waals surface area contributed by atoms with Crippen LogP contribution in [0.4, 0.5) is 4.79 Å². The molecule has 156 valence electrons. The van der Waals surface area contributed by atoms with Crippen molar-refractivity contribution in [3.63, 3.8) is 0 Å². The highest BCUT2D eigenvalue weighted by Gasteiger charge is 2.40. The molecule has 0 aromatic heterocycles. The van der Waals surface area contributed by atoms with Crippen molar-refractivity contribution in [2.75, 3.05) is 19.6 Å². The molecule has 2 aromatic rings. The highest BCUT2D eigenvalue weighted by Crippen LogP contribution is 2.43. The summed E-state index contributed by atoms with van der Waals surface area (Å²) < 4.78 is 6.23. The number of benzene rings is 2. The second kappa shape index (κ2) is 9.76. The molecule has 0 spiro atoms. The first-order valence-electron chi connectivity index (χ1n) is 10.2. The maximum absolute atomic E-state index is 11.9. The smallest absolute Gasteiger partial charge is 0.404 e. The van der Waals surface area contributed by atoms with Gasteiger partial charge in [0.25, 0.3) is 0 Å². The molecule has 2 unspecified atom stereocenters. The Kier molecular flexibility index (Phi) is 7.12. The van der Waals surface area contributed by atoms with E-state index < -0.39 is 11.7 Å². The summed E-state index contributed by atoms with van der Waals surface area (Å²) in [5.41, 5.74) is 0.676. The molecule has 2 atom stereocenters. The molecule has 1 saturated heterocycles. The quantitative estimate of drug-likeness (QED) is 0.504. The second-order valence-corrected chi connectivity index (χ2v) is 7.67. The molecule has 1 amide bonds. The molecule has 0 bridgehead atoms. The van der Waals surface area contributed by atoms with E-state index >= 15 is 0 Å². The number of amides is 1. The Bertz CT molecular complexity index is 820. The molecular weight excluding hydrogens is 368 g/mol. The first-order valence-corrected chi connectivity index (χ1v) is 10.2. The Morgan fingerprint density at radius 3 is 2.62 bits per heavy atom. The van der Waals surface area contributed by atoms with Gasteiger partial charge in [-0.2, -0.15) is 0 Å². The van der Waals surface area contributed by atoms with Crippen LogP contribution in [0, 0.1) is 12.8 Å². The number of aryl methyl sites for hydroxylation is 1. The zero-order chi connectivity index (χ0) is 20.7. The number of carbonyl (C=O) groups is 1. The van der Waals surface area contributed by atoms with Gasteiger partial charge in [-0.25, -0.2) is 4.79 Å². The van der Waals surface area contributed by atoms with Crippen molar-refractivity contribution in [3.05, 3.63) is 59.7 Å². The lowest BCUT2D eigenvalue weighted by Gasteiger charge is -2.40. The number of ether oxygens (including phenoxy) is 1. The average Bonchev–Trinajstić information content (AvgIpc) is 2.73. The summed E-state index contributed by atoms with van der Waals surface area (Å²) in [7, 11) is 0. The van der Waals surface area contributed by atoms with E-state index in [1.165, 1.54) is 0 Å². The van der Waals surface area contributed by atoms with Crippen molar-refractivity contribution in [1.29, 1.82) is 0 Å². The van der Waals surface area contributed by atoms with Gasteiger partial charge in [0.15, 0.2) is 0 Å². The number of piperidine rings is 1. The lowest BCUT2D eigenvalue weighted by Crippen LogP contribution is -2.44. The summed E-state index contributed by atoms with van der Waals surface area (Å²) in [5.74, 6) is 1.43. The Hall–Kier alpha value is -2.57. The summed E-state index contributed by atoms with van der Waals surface area (Å²) in [4.78, 5) is 10.8. The normalized spacial score (nSPS) is 18.6. The molecule has 4 N–H and O–H groups in total. The Labute approximate surface area is 171 Å². The summed E-state index contributed by atoms with van der Waals surface area (Å²) in [6.45, 7) is 3.97. The topological polar surface area (TPSA) is 90.8 Å². The number of hydrogen-bond donors (Lipinski definition) is 4. The van der Waals surface area contributed by atoms with Crippen LogP contribution in [0.1, 0.15) is 36.8 Å². The molecule has 29 heavy (non-hydrogen) atoms. The van der Waals surface area contributed by atoms with Crippen molar-refractivity contribution in [2.24, 2.45) is 5.92 Å². The van der Waals surface area contributed by atoms with Gasteiger partial charge in [0.1, 0.15) is 11.5 Å². The van der Waals surface area contributed by atoms with Gasteiger partial charge in [-0.1, -0.05) is 36.4 Å². The zero-order valence-corrected chi connectivity index (χ0v) is 16.9. The molecule has 1 fully saturated rings. The van der Waals surface area contributed by atoms with Crippen LogP contribution < -0.4 is 15.4 Å². The molecular formula is C23H30N2O4. The Morgan fingerprint density at radius 2 is 1.93 bits per heavy atom. The average molecular weight is 399 g/mol. The van der Waals surface area contributed by atoms with Crippen molar-refractivity contribution >= 4 is 6.09 Å². The lowest BCUT2D eigenvalue weighted by molar-refractivity contribution is -0.0433. The highest BCUT2D eigenvalue weighted by molar-refractivity contribution is 5.64. The third-order valence-electron chi connectivity index (χ3n) is 5.65. The number of para-hydroxylation sites is 2. The van der Waals surface area contributed by atoms with Gasteiger partial charge < -0.3 is 25.6 Å². The summed E-state index contributed by atoms with van der Waals surface area (Å²) in [6.07, 6.45) is 1.86. The minimum atomic E-state index is -1.10. The molecule has 6 nitrogen and oxygen atoms in total. The van der Waals surface area contributed by atoms with Gasteiger partial charge in [0.05, 0.1) is 5.60 Å². The van der Waals surface area contributed by atoms with E-state index in [0.29, 0.717) is 25.1 Å². The van der Waals surface area contributed by atoms with Crippen LogP contribution in [0.5, 0.6) is 11.5 Å². The van der Waals surface area contributed by atoms with Crippen molar-refractivity contribution in [3.8, 4) is 11.5 Å². The Morgan fingerprint density at radius 1 is 1.21 bits per heavy atom. The summed E-state index contributed by atoms with van der Waals surface area (Å²) >= 11 is 0. The number of hydrogen-bond acceptors (Lipinski definition) is 4. The number of carboxylic acid groups (broad SMARTS) is 1. The number of rotatable bonds is 8. The first kappa shape index (κ1) is 21.1. The van der Waals surface area contributed by atoms with E-state index in [9.17, 15) is 9.90 Å². The molecule has 0 radical (unpaired) electrons. The van der Waals surface area contributed by atoms with E-state index in [1.54, 1.807) is 0 Å². The third kappa shape index (κ3) is 5.28. The molecule has 3 rings (SSSR count). The molecule has 2 aromatic carbocycles. The second-order valence-electron chi connectivity index (χ2n) is 7.67. The van der Waals surface area contributed by atoms with E-state index in [-0.39, 0.29) is 5.92 Å². The van der Waals surface area contributed by atoms with Gasteiger partial charge in [-0.3, -0.25) is 0 Å². The van der Waals surface area contributed by atoms with E-state index in [2.05, 4.69) is 10.6 Å². The van der Waals surface area contributed by atoms with Crippen LogP contribution in [0.2, 0.25) is 0 Å². The van der Waals surface area contributed by atoms with Gasteiger partial charge >= 0.3 is 6.09 Å². The van der Waals surface area contributed by atoms with Crippen LogP contribution in [0.25, 0.3) is 0 Å². The lowest BCUT2D eigenvalue weighted by atomic mass is 9.74. The van der Waals surface area contributed by atoms with Gasteiger partial charge in [0, 0.05) is 24.6 Å². The fourth-order valence-electron chi connectivity index (χ4n) is 4.07. The predicted octanol–water partition coefficient (Wildman–Crippen LogP) is 4.02. The van der Waals surface area contributed by atoms with Gasteiger partial charge in [0.2, 0.25) is 0 Å². The van der Waals surface area contributed by atoms with Crippen LogP contribution >= 0.6 is 0 Å². The maximum atomic E-state index is 11.9. The van der Waals surface area contributed by atoms with Gasteiger partial charge in [-0.15, -0.1) is 0 Å². The van der Waals surface area contributed by atoms with Crippen molar-refractivity contribution in [1.82, 2.24) is 10.6 Å². The van der Waals surface area contributed by atoms with E-state index in [4.69, 9.17) is 9.84 Å². The fourth-order valence-corrected chi connectivity index (χ4v) is 4.07. The fraction of sp³-hybridized carbons (Fsp3) is 0.435. The molecule has 1 aliphatic heterocycles. The van der Waals surface area contributed by atoms with Gasteiger partial charge in [-0.05, 0) is 56.8 Å². The monoisotopic (exact) mass is 398 g/mol. The molecule has 1 aliphatic rings. The van der Waals surface area contributed by atoms with E-state index in [0.717, 1.165) is 42.8 Å². The standard InChI is InChI=1S/C23H30N2O4/c1-17-8-2-4-11-20(17)29-21-12-5-3-10-19(21)23(28,13-7-15-25-22(26)27)18-9-6-14-24-16-18/h2-5,8,10-12,18,24-25,28H,6-7,9,13-16H2,1H3,(H,26,27). The molecule has 0 aliphatic carbocycles.